The Morgan fingerprint density at radius 3 is 2.72 bits per heavy atom. The molecule has 148 valence electrons. The van der Waals surface area contributed by atoms with Crippen LogP contribution in [0.25, 0.3) is 0 Å². The van der Waals surface area contributed by atoms with E-state index in [0.717, 1.165) is 23.1 Å². The molecule has 3 aromatic carbocycles. The molecule has 5 heteroatoms. The van der Waals surface area contributed by atoms with Crippen molar-refractivity contribution in [2.45, 2.75) is 19.1 Å². The maximum Gasteiger partial charge on any atom is 0.249 e. The van der Waals surface area contributed by atoms with Crippen molar-refractivity contribution in [1.29, 1.82) is 0 Å². The molecule has 0 aliphatic carbocycles. The summed E-state index contributed by atoms with van der Waals surface area (Å²) in [4.78, 5) is 14.8. The minimum atomic E-state index is -0.321. The molecule has 1 aliphatic heterocycles. The number of amides is 1. The first-order valence-corrected chi connectivity index (χ1v) is 9.94. The zero-order chi connectivity index (χ0) is 20.2. The molecule has 0 saturated carbocycles. The van der Waals surface area contributed by atoms with Gasteiger partial charge >= 0.3 is 0 Å². The lowest BCUT2D eigenvalue weighted by Gasteiger charge is -2.37. The van der Waals surface area contributed by atoms with Crippen molar-refractivity contribution in [2.75, 3.05) is 13.2 Å². The molecule has 3 aromatic rings. The lowest BCUT2D eigenvalue weighted by atomic mass is 9.88. The van der Waals surface area contributed by atoms with Crippen molar-refractivity contribution < 1.29 is 13.9 Å². The molecular weight excluding hydrogens is 389 g/mol. The molecule has 1 heterocycles. The summed E-state index contributed by atoms with van der Waals surface area (Å²) in [6.45, 7) is 0.833. The number of carbonyl (C=O) groups excluding carboxylic acids is 1. The number of ether oxygens (including phenoxy) is 1. The van der Waals surface area contributed by atoms with Gasteiger partial charge in [-0.2, -0.15) is 0 Å². The Balaban J connectivity index is 1.54. The van der Waals surface area contributed by atoms with E-state index in [-0.39, 0.29) is 24.4 Å². The predicted molar refractivity (Wildman–Crippen MR) is 111 cm³/mol. The first-order chi connectivity index (χ1) is 14.1. The lowest BCUT2D eigenvalue weighted by molar-refractivity contribution is -0.138. The van der Waals surface area contributed by atoms with E-state index in [9.17, 15) is 9.18 Å². The highest BCUT2D eigenvalue weighted by Crippen LogP contribution is 2.35. The van der Waals surface area contributed by atoms with Crippen LogP contribution in [-0.4, -0.2) is 24.0 Å². The second-order valence-corrected chi connectivity index (χ2v) is 7.55. The first kappa shape index (κ1) is 19.6. The van der Waals surface area contributed by atoms with Gasteiger partial charge in [-0.1, -0.05) is 60.1 Å². The monoisotopic (exact) mass is 409 g/mol. The van der Waals surface area contributed by atoms with Crippen molar-refractivity contribution >= 4 is 17.5 Å². The summed E-state index contributed by atoms with van der Waals surface area (Å²) >= 11 is 5.99. The van der Waals surface area contributed by atoms with Gasteiger partial charge in [0.2, 0.25) is 5.91 Å². The number of hydrogen-bond donors (Lipinski definition) is 0. The Kier molecular flexibility index (Phi) is 5.93. The molecule has 0 fully saturated rings. The third-order valence-corrected chi connectivity index (χ3v) is 5.39. The van der Waals surface area contributed by atoms with Gasteiger partial charge < -0.3 is 9.64 Å². The van der Waals surface area contributed by atoms with Crippen LogP contribution in [0.1, 0.15) is 28.3 Å². The van der Waals surface area contributed by atoms with E-state index in [1.54, 1.807) is 17.0 Å². The highest BCUT2D eigenvalue weighted by atomic mass is 35.5. The number of halogens is 2. The molecule has 0 N–H and O–H groups in total. The van der Waals surface area contributed by atoms with Gasteiger partial charge in [-0.25, -0.2) is 4.39 Å². The molecular formula is C24H21ClFNO2. The normalized spacial score (nSPS) is 15.8. The number of rotatable bonds is 5. The van der Waals surface area contributed by atoms with Crippen molar-refractivity contribution in [3.63, 3.8) is 0 Å². The number of hydrogen-bond acceptors (Lipinski definition) is 2. The fourth-order valence-electron chi connectivity index (χ4n) is 3.84. The fraction of sp³-hybridized carbons (Fsp3) is 0.208. The zero-order valence-electron chi connectivity index (χ0n) is 15.9. The number of fused-ring (bicyclic) bond motifs is 1. The average molecular weight is 410 g/mol. The van der Waals surface area contributed by atoms with Crippen LogP contribution in [-0.2, 0) is 22.6 Å². The molecule has 0 radical (unpaired) electrons. The van der Waals surface area contributed by atoms with Gasteiger partial charge in [0.25, 0.3) is 0 Å². The van der Waals surface area contributed by atoms with E-state index in [2.05, 4.69) is 6.07 Å². The second kappa shape index (κ2) is 8.76. The molecule has 1 atom stereocenters. The molecule has 0 bridgehead atoms. The molecule has 1 amide bonds. The smallest absolute Gasteiger partial charge is 0.249 e. The maximum atomic E-state index is 13.9. The Labute approximate surface area is 174 Å². The standard InChI is InChI=1S/C24H21ClFNO2/c25-20-8-3-5-17(13-20)15-29-16-23(28)27-12-11-18-6-1-2-10-22(18)24(27)19-7-4-9-21(26)14-19/h1-10,13-14,24H,11-12,15-16H2. The van der Waals surface area contributed by atoms with Crippen LogP contribution in [0.3, 0.4) is 0 Å². The number of benzene rings is 3. The van der Waals surface area contributed by atoms with Crippen molar-refractivity contribution in [3.8, 4) is 0 Å². The minimum absolute atomic E-state index is 0.0412. The van der Waals surface area contributed by atoms with E-state index < -0.39 is 0 Å². The highest BCUT2D eigenvalue weighted by molar-refractivity contribution is 6.30. The minimum Gasteiger partial charge on any atom is -0.367 e. The third kappa shape index (κ3) is 4.50. The average Bonchev–Trinajstić information content (AvgIpc) is 2.73. The summed E-state index contributed by atoms with van der Waals surface area (Å²) in [5, 5.41) is 0.635. The van der Waals surface area contributed by atoms with Gasteiger partial charge in [0, 0.05) is 11.6 Å². The van der Waals surface area contributed by atoms with E-state index in [4.69, 9.17) is 16.3 Å². The second-order valence-electron chi connectivity index (χ2n) is 7.12. The summed E-state index contributed by atoms with van der Waals surface area (Å²) in [7, 11) is 0. The van der Waals surface area contributed by atoms with E-state index >= 15 is 0 Å². The maximum absolute atomic E-state index is 13.9. The van der Waals surface area contributed by atoms with Gasteiger partial charge in [0.05, 0.1) is 12.6 Å². The Morgan fingerprint density at radius 2 is 1.90 bits per heavy atom. The summed E-state index contributed by atoms with van der Waals surface area (Å²) in [5.74, 6) is -0.425. The Hall–Kier alpha value is -2.69. The van der Waals surface area contributed by atoms with Crippen molar-refractivity contribution in [1.82, 2.24) is 4.90 Å². The van der Waals surface area contributed by atoms with Gasteiger partial charge in [-0.3, -0.25) is 4.79 Å². The molecule has 0 spiro atoms. The Morgan fingerprint density at radius 1 is 1.07 bits per heavy atom. The summed E-state index contributed by atoms with van der Waals surface area (Å²) in [5.41, 5.74) is 3.90. The van der Waals surface area contributed by atoms with Gasteiger partial charge in [-0.05, 0) is 52.9 Å². The van der Waals surface area contributed by atoms with Crippen molar-refractivity contribution in [2.24, 2.45) is 0 Å². The summed E-state index contributed by atoms with van der Waals surface area (Å²) in [6, 6.07) is 21.5. The topological polar surface area (TPSA) is 29.5 Å². The van der Waals surface area contributed by atoms with Crippen LogP contribution in [0.5, 0.6) is 0 Å². The predicted octanol–water partition coefficient (Wildman–Crippen LogP) is 5.17. The summed E-state index contributed by atoms with van der Waals surface area (Å²) < 4.78 is 19.6. The molecule has 0 saturated heterocycles. The quantitative estimate of drug-likeness (QED) is 0.581. The number of nitrogens with zero attached hydrogens (tertiary/aromatic N) is 1. The van der Waals surface area contributed by atoms with Crippen LogP contribution >= 0.6 is 11.6 Å². The lowest BCUT2D eigenvalue weighted by Crippen LogP contribution is -2.42. The van der Waals surface area contributed by atoms with Crippen LogP contribution in [0.2, 0.25) is 5.02 Å². The zero-order valence-corrected chi connectivity index (χ0v) is 16.6. The highest BCUT2D eigenvalue weighted by Gasteiger charge is 2.31. The fourth-order valence-corrected chi connectivity index (χ4v) is 4.05. The van der Waals surface area contributed by atoms with Gasteiger partial charge in [-0.15, -0.1) is 0 Å². The van der Waals surface area contributed by atoms with E-state index in [0.29, 0.717) is 18.2 Å². The summed E-state index contributed by atoms with van der Waals surface area (Å²) in [6.07, 6.45) is 0.766. The van der Waals surface area contributed by atoms with Crippen LogP contribution < -0.4 is 0 Å². The van der Waals surface area contributed by atoms with E-state index in [1.165, 1.54) is 17.7 Å². The third-order valence-electron chi connectivity index (χ3n) is 5.15. The van der Waals surface area contributed by atoms with Gasteiger partial charge in [0.1, 0.15) is 12.4 Å². The Bertz CT molecular complexity index is 1020. The first-order valence-electron chi connectivity index (χ1n) is 9.57. The molecule has 1 aliphatic rings. The molecule has 29 heavy (non-hydrogen) atoms. The van der Waals surface area contributed by atoms with E-state index in [1.807, 2.05) is 42.5 Å². The SMILES string of the molecule is O=C(COCc1cccc(Cl)c1)N1CCc2ccccc2C1c1cccc(F)c1. The molecule has 4 rings (SSSR count). The van der Waals surface area contributed by atoms with Crippen LogP contribution in [0.15, 0.2) is 72.8 Å². The molecule has 0 aromatic heterocycles. The van der Waals surface area contributed by atoms with Crippen molar-refractivity contribution in [3.05, 3.63) is 106 Å². The van der Waals surface area contributed by atoms with Gasteiger partial charge in [0.15, 0.2) is 0 Å². The van der Waals surface area contributed by atoms with Crippen LogP contribution in [0, 0.1) is 5.82 Å². The van der Waals surface area contributed by atoms with Crippen LogP contribution in [0.4, 0.5) is 4.39 Å². The molecule has 3 nitrogen and oxygen atoms in total. The largest absolute Gasteiger partial charge is 0.367 e. The number of carbonyl (C=O) groups is 1. The molecule has 1 unspecified atom stereocenters.